The van der Waals surface area contributed by atoms with Gasteiger partial charge in [0.1, 0.15) is 23.2 Å². The van der Waals surface area contributed by atoms with E-state index in [-0.39, 0.29) is 36.4 Å². The molecule has 38 heavy (non-hydrogen) atoms. The number of aromatic nitrogens is 1. The van der Waals surface area contributed by atoms with Gasteiger partial charge in [-0.3, -0.25) is 9.59 Å². The third-order valence-electron chi connectivity index (χ3n) is 6.02. The molecule has 1 saturated heterocycles. The second-order valence-electron chi connectivity index (χ2n) is 9.54. The maximum atomic E-state index is 14.9. The van der Waals surface area contributed by atoms with E-state index in [2.05, 4.69) is 15.6 Å². The quantitative estimate of drug-likeness (QED) is 0.289. The van der Waals surface area contributed by atoms with Gasteiger partial charge in [-0.25, -0.2) is 9.37 Å². The number of anilines is 2. The summed E-state index contributed by atoms with van der Waals surface area (Å²) in [6.07, 6.45) is 2.01. The SMILES string of the molecule is CC(C)(O)c1ccc(-c2cc(C(N)=O)c(Nc3cccc(COCC(=O)NCC4CCCO4)n3)s2)c(F)c1. The summed E-state index contributed by atoms with van der Waals surface area (Å²) in [6.45, 7) is 4.36. The molecule has 202 valence electrons. The van der Waals surface area contributed by atoms with E-state index < -0.39 is 17.3 Å². The zero-order chi connectivity index (χ0) is 27.3. The lowest BCUT2D eigenvalue weighted by atomic mass is 9.96. The number of ether oxygens (including phenoxy) is 2. The van der Waals surface area contributed by atoms with E-state index in [1.54, 1.807) is 44.2 Å². The number of nitrogens with one attached hydrogen (secondary N) is 2. The fourth-order valence-electron chi connectivity index (χ4n) is 3.97. The normalized spacial score (nSPS) is 15.4. The summed E-state index contributed by atoms with van der Waals surface area (Å²) >= 11 is 1.16. The van der Waals surface area contributed by atoms with Gasteiger partial charge in [0.05, 0.1) is 29.6 Å². The van der Waals surface area contributed by atoms with Gasteiger partial charge >= 0.3 is 0 Å². The molecule has 0 aliphatic carbocycles. The van der Waals surface area contributed by atoms with Gasteiger partial charge in [0.25, 0.3) is 5.91 Å². The number of carbonyl (C=O) groups is 2. The van der Waals surface area contributed by atoms with Gasteiger partial charge in [-0.15, -0.1) is 11.3 Å². The molecule has 2 aromatic heterocycles. The largest absolute Gasteiger partial charge is 0.386 e. The smallest absolute Gasteiger partial charge is 0.251 e. The van der Waals surface area contributed by atoms with Crippen molar-refractivity contribution in [2.75, 3.05) is 25.1 Å². The molecule has 3 heterocycles. The average Bonchev–Trinajstić information content (AvgIpc) is 3.53. The number of hydrogen-bond donors (Lipinski definition) is 4. The summed E-state index contributed by atoms with van der Waals surface area (Å²) in [4.78, 5) is 29.1. The van der Waals surface area contributed by atoms with Gasteiger partial charge in [0, 0.05) is 23.6 Å². The number of benzene rings is 1. The van der Waals surface area contributed by atoms with Gasteiger partial charge in [-0.2, -0.15) is 0 Å². The molecular weight excluding hydrogens is 511 g/mol. The lowest BCUT2D eigenvalue weighted by molar-refractivity contribution is -0.126. The minimum Gasteiger partial charge on any atom is -0.386 e. The van der Waals surface area contributed by atoms with Crippen LogP contribution in [0.3, 0.4) is 0 Å². The predicted octanol–water partition coefficient (Wildman–Crippen LogP) is 3.83. The van der Waals surface area contributed by atoms with E-state index in [9.17, 15) is 19.1 Å². The Balaban J connectivity index is 1.41. The highest BCUT2D eigenvalue weighted by Gasteiger charge is 2.21. The Morgan fingerprint density at radius 1 is 1.29 bits per heavy atom. The molecule has 1 aliphatic heterocycles. The fourth-order valence-corrected chi connectivity index (χ4v) is 5.07. The number of rotatable bonds is 11. The van der Waals surface area contributed by atoms with Crippen molar-refractivity contribution in [3.8, 4) is 10.4 Å². The molecule has 0 saturated carbocycles. The first-order valence-electron chi connectivity index (χ1n) is 12.3. The Kier molecular flexibility index (Phi) is 8.72. The third kappa shape index (κ3) is 7.13. The van der Waals surface area contributed by atoms with Crippen molar-refractivity contribution < 1.29 is 28.6 Å². The number of nitrogens with zero attached hydrogens (tertiary/aromatic N) is 1. The molecule has 1 atom stereocenters. The zero-order valence-electron chi connectivity index (χ0n) is 21.3. The van der Waals surface area contributed by atoms with Crippen LogP contribution < -0.4 is 16.4 Å². The molecule has 1 aliphatic rings. The number of hydrogen-bond acceptors (Lipinski definition) is 8. The van der Waals surface area contributed by atoms with Crippen molar-refractivity contribution in [2.24, 2.45) is 5.73 Å². The number of pyridine rings is 1. The monoisotopic (exact) mass is 542 g/mol. The van der Waals surface area contributed by atoms with Gasteiger partial charge in [0.15, 0.2) is 0 Å². The Bertz CT molecular complexity index is 1300. The van der Waals surface area contributed by atoms with Crippen LogP contribution in [-0.4, -0.2) is 47.8 Å². The Morgan fingerprint density at radius 2 is 2.11 bits per heavy atom. The summed E-state index contributed by atoms with van der Waals surface area (Å²) in [7, 11) is 0. The van der Waals surface area contributed by atoms with Crippen LogP contribution in [-0.2, 0) is 26.5 Å². The molecule has 1 unspecified atom stereocenters. The number of nitrogens with two attached hydrogens (primary N) is 1. The highest BCUT2D eigenvalue weighted by atomic mass is 32.1. The summed E-state index contributed by atoms with van der Waals surface area (Å²) in [5, 5.41) is 16.5. The topological polar surface area (TPSA) is 136 Å². The van der Waals surface area contributed by atoms with Gasteiger partial charge in [0.2, 0.25) is 5.91 Å². The molecule has 0 radical (unpaired) electrons. The van der Waals surface area contributed by atoms with Crippen LogP contribution in [0.15, 0.2) is 42.5 Å². The maximum Gasteiger partial charge on any atom is 0.251 e. The van der Waals surface area contributed by atoms with E-state index in [0.29, 0.717) is 33.5 Å². The van der Waals surface area contributed by atoms with Gasteiger partial charge in [-0.1, -0.05) is 18.2 Å². The van der Waals surface area contributed by atoms with Gasteiger partial charge < -0.3 is 30.9 Å². The van der Waals surface area contributed by atoms with Crippen LogP contribution in [0, 0.1) is 5.82 Å². The first-order valence-corrected chi connectivity index (χ1v) is 13.1. The lowest BCUT2D eigenvalue weighted by Crippen LogP contribution is -2.34. The lowest BCUT2D eigenvalue weighted by Gasteiger charge is -2.18. The van der Waals surface area contributed by atoms with E-state index in [1.807, 2.05) is 0 Å². The summed E-state index contributed by atoms with van der Waals surface area (Å²) in [6, 6.07) is 11.2. The molecule has 1 fully saturated rings. The Hall–Kier alpha value is -3.38. The van der Waals surface area contributed by atoms with E-state index >= 15 is 0 Å². The van der Waals surface area contributed by atoms with Crippen molar-refractivity contribution in [3.05, 3.63) is 65.1 Å². The molecule has 4 rings (SSSR count). The van der Waals surface area contributed by atoms with Crippen molar-refractivity contribution in [3.63, 3.8) is 0 Å². The van der Waals surface area contributed by atoms with Crippen LogP contribution in [0.1, 0.15) is 48.3 Å². The minimum absolute atomic E-state index is 0.0648. The van der Waals surface area contributed by atoms with Crippen molar-refractivity contribution >= 4 is 34.0 Å². The number of aliphatic hydroxyl groups is 1. The molecule has 0 spiro atoms. The summed E-state index contributed by atoms with van der Waals surface area (Å²) < 4.78 is 25.9. The van der Waals surface area contributed by atoms with Crippen molar-refractivity contribution in [1.82, 2.24) is 10.3 Å². The first kappa shape index (κ1) is 27.6. The molecule has 2 amide bonds. The third-order valence-corrected chi connectivity index (χ3v) is 7.10. The molecule has 11 heteroatoms. The molecule has 0 bridgehead atoms. The number of halogens is 1. The summed E-state index contributed by atoms with van der Waals surface area (Å²) in [5.74, 6) is -0.986. The summed E-state index contributed by atoms with van der Waals surface area (Å²) in [5.41, 5.74) is 5.89. The number of primary amides is 1. The molecule has 9 nitrogen and oxygen atoms in total. The van der Waals surface area contributed by atoms with E-state index in [1.165, 1.54) is 12.1 Å². The van der Waals surface area contributed by atoms with E-state index in [4.69, 9.17) is 15.2 Å². The second-order valence-corrected chi connectivity index (χ2v) is 10.6. The number of amides is 2. The van der Waals surface area contributed by atoms with Crippen LogP contribution in [0.4, 0.5) is 15.2 Å². The average molecular weight is 543 g/mol. The minimum atomic E-state index is -1.19. The molecule has 3 aromatic rings. The van der Waals surface area contributed by atoms with Crippen molar-refractivity contribution in [2.45, 2.75) is 45.0 Å². The number of thiophene rings is 1. The first-order chi connectivity index (χ1) is 18.1. The standard InChI is InChI=1S/C27H31FN4O5S/c1-27(2,35)16-8-9-19(21(28)11-16)22-12-20(25(29)34)26(38-22)32-23-7-3-5-17(31-23)14-36-15-24(33)30-13-18-6-4-10-37-18/h3,5,7-9,11-12,18,35H,4,6,10,13-15H2,1-2H3,(H2,29,34)(H,30,33)(H,31,32). The van der Waals surface area contributed by atoms with E-state index in [0.717, 1.165) is 30.8 Å². The highest BCUT2D eigenvalue weighted by molar-refractivity contribution is 7.19. The van der Waals surface area contributed by atoms with Crippen LogP contribution in [0.5, 0.6) is 0 Å². The predicted molar refractivity (Wildman–Crippen MR) is 143 cm³/mol. The van der Waals surface area contributed by atoms with Gasteiger partial charge in [-0.05, 0) is 56.5 Å². The second kappa shape index (κ2) is 12.0. The van der Waals surface area contributed by atoms with Crippen LogP contribution in [0.2, 0.25) is 0 Å². The Labute approximate surface area is 224 Å². The number of carbonyl (C=O) groups excluding carboxylic acids is 2. The molecular formula is C27H31FN4O5S. The zero-order valence-corrected chi connectivity index (χ0v) is 22.1. The molecule has 1 aromatic carbocycles. The van der Waals surface area contributed by atoms with Crippen LogP contribution in [0.25, 0.3) is 10.4 Å². The highest BCUT2D eigenvalue weighted by Crippen LogP contribution is 2.38. The Morgan fingerprint density at radius 3 is 2.79 bits per heavy atom. The maximum absolute atomic E-state index is 14.9. The molecule has 5 N–H and O–H groups in total. The van der Waals surface area contributed by atoms with Crippen LogP contribution >= 0.6 is 11.3 Å². The van der Waals surface area contributed by atoms with Crippen molar-refractivity contribution in [1.29, 1.82) is 0 Å². The fraction of sp³-hybridized carbons (Fsp3) is 0.370.